The molecule has 0 aliphatic carbocycles. The smallest absolute Gasteiger partial charge is 0.349 e. The molecule has 0 bridgehead atoms. The minimum Gasteiger partial charge on any atom is -0.482 e. The number of carbonyl (C=O) groups excluding carboxylic acids is 2. The second-order valence-electron chi connectivity index (χ2n) is 5.66. The zero-order valence-corrected chi connectivity index (χ0v) is 15.8. The van der Waals surface area contributed by atoms with E-state index in [-0.39, 0.29) is 18.5 Å². The van der Waals surface area contributed by atoms with Crippen molar-refractivity contribution in [3.63, 3.8) is 0 Å². The summed E-state index contributed by atoms with van der Waals surface area (Å²) in [5, 5.41) is 0. The van der Waals surface area contributed by atoms with E-state index in [0.29, 0.717) is 11.3 Å². The first-order valence-corrected chi connectivity index (χ1v) is 8.55. The van der Waals surface area contributed by atoms with Gasteiger partial charge in [-0.25, -0.2) is 9.59 Å². The second kappa shape index (κ2) is 8.67. The summed E-state index contributed by atoms with van der Waals surface area (Å²) in [6.07, 6.45) is -0.221. The Balaban J connectivity index is 1.93. The Labute approximate surface area is 155 Å². The van der Waals surface area contributed by atoms with Crippen LogP contribution >= 0.6 is 15.9 Å². The topological polar surface area (TPSA) is 61.8 Å². The van der Waals surface area contributed by atoms with Crippen molar-refractivity contribution in [3.05, 3.63) is 58.1 Å². The highest BCUT2D eigenvalue weighted by molar-refractivity contribution is 9.10. The number of esters is 2. The van der Waals surface area contributed by atoms with Crippen LogP contribution in [0.5, 0.6) is 11.5 Å². The van der Waals surface area contributed by atoms with Crippen molar-refractivity contribution in [2.24, 2.45) is 0 Å². The van der Waals surface area contributed by atoms with Crippen LogP contribution in [0.15, 0.2) is 46.9 Å². The van der Waals surface area contributed by atoms with Gasteiger partial charge >= 0.3 is 11.9 Å². The molecule has 0 atom stereocenters. The van der Waals surface area contributed by atoms with E-state index in [1.54, 1.807) is 38.1 Å². The second-order valence-corrected chi connectivity index (χ2v) is 6.51. The van der Waals surface area contributed by atoms with Crippen LogP contribution in [0, 0.1) is 6.92 Å². The maximum absolute atomic E-state index is 11.9. The lowest BCUT2D eigenvalue weighted by Crippen LogP contribution is -2.18. The van der Waals surface area contributed by atoms with Crippen molar-refractivity contribution in [2.75, 3.05) is 6.61 Å². The molecule has 0 aliphatic rings. The summed E-state index contributed by atoms with van der Waals surface area (Å²) in [5.41, 5.74) is 1.32. The Hall–Kier alpha value is -2.34. The number of hydrogen-bond acceptors (Lipinski definition) is 5. The van der Waals surface area contributed by atoms with E-state index in [1.807, 2.05) is 19.1 Å². The molecule has 0 spiro atoms. The van der Waals surface area contributed by atoms with E-state index in [9.17, 15) is 9.59 Å². The summed E-state index contributed by atoms with van der Waals surface area (Å²) in [5.74, 6) is -0.185. The predicted octanol–water partition coefficient (Wildman–Crippen LogP) is 4.31. The van der Waals surface area contributed by atoms with Crippen LogP contribution in [0.1, 0.15) is 29.8 Å². The number of carbonyl (C=O) groups is 2. The van der Waals surface area contributed by atoms with Crippen LogP contribution in [-0.2, 0) is 9.53 Å². The van der Waals surface area contributed by atoms with Crippen molar-refractivity contribution >= 4 is 27.9 Å². The van der Waals surface area contributed by atoms with E-state index in [4.69, 9.17) is 14.2 Å². The van der Waals surface area contributed by atoms with Gasteiger partial charge in [-0.3, -0.25) is 0 Å². The van der Waals surface area contributed by atoms with Gasteiger partial charge in [0.05, 0.1) is 11.7 Å². The Morgan fingerprint density at radius 1 is 1.08 bits per heavy atom. The maximum atomic E-state index is 11.9. The molecule has 2 aromatic carbocycles. The van der Waals surface area contributed by atoms with Gasteiger partial charge in [0.2, 0.25) is 0 Å². The van der Waals surface area contributed by atoms with Crippen molar-refractivity contribution in [1.29, 1.82) is 0 Å². The summed E-state index contributed by atoms with van der Waals surface area (Å²) in [6, 6.07) is 11.7. The zero-order valence-electron chi connectivity index (χ0n) is 14.2. The Kier molecular flexibility index (Phi) is 6.58. The van der Waals surface area contributed by atoms with Crippen LogP contribution < -0.4 is 9.47 Å². The number of hydrogen-bond donors (Lipinski definition) is 0. The standard InChI is InChI=1S/C19H19BrO5/c1-12(2)24-19(22)14-5-4-6-16(10-14)25-18(21)11-23-15-7-8-17(20)13(3)9-15/h4-10,12H,11H2,1-3H3. The third kappa shape index (κ3) is 5.90. The quantitative estimate of drug-likeness (QED) is 0.528. The molecule has 2 rings (SSSR count). The fourth-order valence-corrected chi connectivity index (χ4v) is 2.23. The SMILES string of the molecule is Cc1cc(OCC(=O)Oc2cccc(C(=O)OC(C)C)c2)ccc1Br. The van der Waals surface area contributed by atoms with Crippen molar-refractivity contribution in [3.8, 4) is 11.5 Å². The molecule has 0 radical (unpaired) electrons. The van der Waals surface area contributed by atoms with Gasteiger partial charge < -0.3 is 14.2 Å². The number of aryl methyl sites for hydroxylation is 1. The third-order valence-corrected chi connectivity index (χ3v) is 4.02. The molecule has 0 aromatic heterocycles. The molecule has 0 unspecified atom stereocenters. The average Bonchev–Trinajstić information content (AvgIpc) is 2.55. The minimum absolute atomic E-state index is 0.221. The van der Waals surface area contributed by atoms with Crippen molar-refractivity contribution < 1.29 is 23.8 Å². The largest absolute Gasteiger partial charge is 0.482 e. The van der Waals surface area contributed by atoms with Crippen LogP contribution in [0.25, 0.3) is 0 Å². The summed E-state index contributed by atoms with van der Waals surface area (Å²) in [7, 11) is 0. The first kappa shape index (κ1) is 19.0. The van der Waals surface area contributed by atoms with Gasteiger partial charge in [-0.1, -0.05) is 22.0 Å². The minimum atomic E-state index is -0.560. The molecule has 132 valence electrons. The Morgan fingerprint density at radius 3 is 2.52 bits per heavy atom. The molecular weight excluding hydrogens is 388 g/mol. The molecule has 0 amide bonds. The molecule has 6 heteroatoms. The van der Waals surface area contributed by atoms with Crippen LogP contribution in [0.4, 0.5) is 0 Å². The molecule has 0 N–H and O–H groups in total. The number of rotatable bonds is 6. The maximum Gasteiger partial charge on any atom is 0.349 e. The molecular formula is C19H19BrO5. The molecule has 2 aromatic rings. The lowest BCUT2D eigenvalue weighted by atomic mass is 10.2. The fourth-order valence-electron chi connectivity index (χ4n) is 1.98. The zero-order chi connectivity index (χ0) is 18.4. The predicted molar refractivity (Wildman–Crippen MR) is 97.0 cm³/mol. The molecule has 0 heterocycles. The molecule has 0 saturated carbocycles. The normalized spacial score (nSPS) is 10.4. The summed E-state index contributed by atoms with van der Waals surface area (Å²) in [6.45, 7) is 5.23. The van der Waals surface area contributed by atoms with Gasteiger partial charge in [-0.2, -0.15) is 0 Å². The van der Waals surface area contributed by atoms with Gasteiger partial charge in [0, 0.05) is 4.47 Å². The Morgan fingerprint density at radius 2 is 1.84 bits per heavy atom. The highest BCUT2D eigenvalue weighted by atomic mass is 79.9. The fraction of sp³-hybridized carbons (Fsp3) is 0.263. The van der Waals surface area contributed by atoms with E-state index in [1.165, 1.54) is 6.07 Å². The first-order chi connectivity index (χ1) is 11.8. The van der Waals surface area contributed by atoms with E-state index in [0.717, 1.165) is 10.0 Å². The van der Waals surface area contributed by atoms with E-state index >= 15 is 0 Å². The lowest BCUT2D eigenvalue weighted by Gasteiger charge is -2.10. The van der Waals surface area contributed by atoms with Crippen LogP contribution in [0.3, 0.4) is 0 Å². The van der Waals surface area contributed by atoms with Gasteiger partial charge in [-0.15, -0.1) is 0 Å². The summed E-state index contributed by atoms with van der Waals surface area (Å²) in [4.78, 5) is 23.8. The molecule has 5 nitrogen and oxygen atoms in total. The third-order valence-electron chi connectivity index (χ3n) is 3.13. The molecule has 0 saturated heterocycles. The monoisotopic (exact) mass is 406 g/mol. The van der Waals surface area contributed by atoms with Crippen LogP contribution in [-0.4, -0.2) is 24.6 Å². The van der Waals surface area contributed by atoms with Crippen LogP contribution in [0.2, 0.25) is 0 Å². The van der Waals surface area contributed by atoms with Gasteiger partial charge in [0.1, 0.15) is 11.5 Å². The van der Waals surface area contributed by atoms with E-state index in [2.05, 4.69) is 15.9 Å². The molecule has 25 heavy (non-hydrogen) atoms. The molecule has 0 fully saturated rings. The highest BCUT2D eigenvalue weighted by Crippen LogP contribution is 2.21. The Bertz CT molecular complexity index is 770. The average molecular weight is 407 g/mol. The number of benzene rings is 2. The lowest BCUT2D eigenvalue weighted by molar-refractivity contribution is -0.136. The number of halogens is 1. The molecule has 0 aliphatic heterocycles. The first-order valence-electron chi connectivity index (χ1n) is 7.76. The summed E-state index contributed by atoms with van der Waals surface area (Å²) < 4.78 is 16.7. The van der Waals surface area contributed by atoms with E-state index < -0.39 is 11.9 Å². The highest BCUT2D eigenvalue weighted by Gasteiger charge is 2.12. The van der Waals surface area contributed by atoms with Crippen molar-refractivity contribution in [1.82, 2.24) is 0 Å². The summed E-state index contributed by atoms with van der Waals surface area (Å²) >= 11 is 3.40. The van der Waals surface area contributed by atoms with Gasteiger partial charge in [0.15, 0.2) is 6.61 Å². The number of ether oxygens (including phenoxy) is 3. The van der Waals surface area contributed by atoms with Gasteiger partial charge in [0.25, 0.3) is 0 Å². The van der Waals surface area contributed by atoms with Crippen molar-refractivity contribution in [2.45, 2.75) is 26.9 Å². The van der Waals surface area contributed by atoms with Gasteiger partial charge in [-0.05, 0) is 62.7 Å².